The van der Waals surface area contributed by atoms with Gasteiger partial charge in [-0.3, -0.25) is 4.79 Å². The molecule has 0 saturated carbocycles. The summed E-state index contributed by atoms with van der Waals surface area (Å²) in [6, 6.07) is 17.0. The van der Waals surface area contributed by atoms with Crippen LogP contribution >= 0.6 is 0 Å². The van der Waals surface area contributed by atoms with Gasteiger partial charge in [0.15, 0.2) is 0 Å². The Morgan fingerprint density at radius 2 is 1.34 bits per heavy atom. The molecule has 0 saturated heterocycles. The molecule has 0 aromatic heterocycles. The minimum absolute atomic E-state index is 0.109. The van der Waals surface area contributed by atoms with E-state index < -0.39 is 27.8 Å². The first-order valence-electron chi connectivity index (χ1n) is 11.7. The highest BCUT2D eigenvalue weighted by Gasteiger charge is 2.60. The van der Waals surface area contributed by atoms with E-state index >= 15 is 0 Å². The van der Waals surface area contributed by atoms with Crippen molar-refractivity contribution in [3.63, 3.8) is 0 Å². The highest BCUT2D eigenvalue weighted by molar-refractivity contribution is 5.91. The second-order valence-electron chi connectivity index (χ2n) is 12.1. The molecule has 32 heavy (non-hydrogen) atoms. The topological polar surface area (TPSA) is 37.3 Å². The van der Waals surface area contributed by atoms with Gasteiger partial charge >= 0.3 is 0 Å². The first kappa shape index (κ1) is 24.5. The summed E-state index contributed by atoms with van der Waals surface area (Å²) in [4.78, 5) is 14.0. The third-order valence-corrected chi connectivity index (χ3v) is 7.37. The van der Waals surface area contributed by atoms with Gasteiger partial charge in [0.1, 0.15) is 5.78 Å². The van der Waals surface area contributed by atoms with Crippen molar-refractivity contribution in [1.29, 1.82) is 0 Å². The molecule has 0 bridgehead atoms. The lowest BCUT2D eigenvalue weighted by Gasteiger charge is -2.55. The fraction of sp³-hybridized carbons (Fsp3) is 0.500. The van der Waals surface area contributed by atoms with Crippen LogP contribution in [0.25, 0.3) is 5.57 Å². The molecular weight excluding hydrogens is 392 g/mol. The molecule has 172 valence electrons. The van der Waals surface area contributed by atoms with Gasteiger partial charge in [-0.2, -0.15) is 0 Å². The molecule has 3 rings (SSSR count). The monoisotopic (exact) mass is 432 g/mol. The van der Waals surface area contributed by atoms with Crippen LogP contribution in [0.5, 0.6) is 0 Å². The van der Waals surface area contributed by atoms with Crippen molar-refractivity contribution in [2.45, 2.75) is 79.8 Å². The van der Waals surface area contributed by atoms with Crippen molar-refractivity contribution in [2.24, 2.45) is 16.7 Å². The molecule has 3 atom stereocenters. The molecule has 0 heterocycles. The molecule has 0 radical (unpaired) electrons. The molecule has 3 unspecified atom stereocenters. The highest BCUT2D eigenvalue weighted by Crippen LogP contribution is 2.56. The molecule has 0 spiro atoms. The number of hydrogen-bond donors (Lipinski definition) is 1. The molecule has 2 heteroatoms. The van der Waals surface area contributed by atoms with Crippen molar-refractivity contribution in [1.82, 2.24) is 0 Å². The maximum atomic E-state index is 14.0. The van der Waals surface area contributed by atoms with E-state index in [0.29, 0.717) is 6.42 Å². The maximum absolute atomic E-state index is 14.0. The Morgan fingerprint density at radius 1 is 0.875 bits per heavy atom. The zero-order valence-electron chi connectivity index (χ0n) is 21.3. The molecule has 1 aliphatic carbocycles. The number of benzene rings is 2. The van der Waals surface area contributed by atoms with Gasteiger partial charge < -0.3 is 5.11 Å². The average Bonchev–Trinajstić information content (AvgIpc) is 2.66. The van der Waals surface area contributed by atoms with Gasteiger partial charge in [0.05, 0.1) is 11.5 Å². The number of ketones is 1. The van der Waals surface area contributed by atoms with Crippen molar-refractivity contribution >= 4 is 11.4 Å². The Morgan fingerprint density at radius 3 is 1.78 bits per heavy atom. The highest BCUT2D eigenvalue weighted by atomic mass is 16.3. The van der Waals surface area contributed by atoms with Crippen molar-refractivity contribution in [3.05, 3.63) is 76.9 Å². The van der Waals surface area contributed by atoms with Crippen molar-refractivity contribution in [3.8, 4) is 0 Å². The second kappa shape index (κ2) is 7.99. The Bertz CT molecular complexity index is 1010. The molecule has 0 fully saturated rings. The minimum atomic E-state index is -1.30. The SMILES string of the molecule is Cc1ccc(C2=CC(O)(C(C)(C)C)C(C(=O)C(C)(C)C)C(C)(c3ccc(C)cc3)C2)cc1. The van der Waals surface area contributed by atoms with E-state index in [9.17, 15) is 9.90 Å². The van der Waals surface area contributed by atoms with Crippen LogP contribution in [0, 0.1) is 30.6 Å². The molecular formula is C30H40O2. The van der Waals surface area contributed by atoms with Crippen LogP contribution < -0.4 is 0 Å². The summed E-state index contributed by atoms with van der Waals surface area (Å²) in [6.45, 7) is 18.4. The van der Waals surface area contributed by atoms with Crippen LogP contribution in [-0.2, 0) is 10.2 Å². The quantitative estimate of drug-likeness (QED) is 0.564. The number of hydrogen-bond acceptors (Lipinski definition) is 2. The van der Waals surface area contributed by atoms with E-state index in [0.717, 1.165) is 16.7 Å². The maximum Gasteiger partial charge on any atom is 0.145 e. The lowest BCUT2D eigenvalue weighted by Crippen LogP contribution is -2.62. The minimum Gasteiger partial charge on any atom is -0.384 e. The Balaban J connectivity index is 2.34. The number of aryl methyl sites for hydroxylation is 2. The summed E-state index contributed by atoms with van der Waals surface area (Å²) >= 11 is 0. The van der Waals surface area contributed by atoms with E-state index in [2.05, 4.69) is 69.3 Å². The van der Waals surface area contributed by atoms with Gasteiger partial charge in [0, 0.05) is 10.8 Å². The van der Waals surface area contributed by atoms with E-state index in [1.165, 1.54) is 11.1 Å². The summed E-state index contributed by atoms with van der Waals surface area (Å²) in [5.41, 5.74) is 2.77. The summed E-state index contributed by atoms with van der Waals surface area (Å²) in [5, 5.41) is 12.4. The van der Waals surface area contributed by atoms with E-state index in [4.69, 9.17) is 0 Å². The lowest BCUT2D eigenvalue weighted by molar-refractivity contribution is -0.153. The molecule has 1 N–H and O–H groups in total. The number of carbonyl (C=O) groups excluding carboxylic acids is 1. The van der Waals surface area contributed by atoms with Gasteiger partial charge in [-0.1, -0.05) is 108 Å². The Kier molecular flexibility index (Phi) is 6.10. The van der Waals surface area contributed by atoms with Gasteiger partial charge in [0.2, 0.25) is 0 Å². The van der Waals surface area contributed by atoms with E-state index in [1.807, 2.05) is 47.6 Å². The van der Waals surface area contributed by atoms with Crippen molar-refractivity contribution in [2.75, 3.05) is 0 Å². The number of Topliss-reactive ketones (excluding diaryl/α,β-unsaturated/α-hetero) is 1. The lowest BCUT2D eigenvalue weighted by atomic mass is 9.50. The zero-order valence-corrected chi connectivity index (χ0v) is 21.3. The zero-order chi connectivity index (χ0) is 24.1. The van der Waals surface area contributed by atoms with Gasteiger partial charge in [-0.25, -0.2) is 0 Å². The van der Waals surface area contributed by atoms with Crippen LogP contribution in [-0.4, -0.2) is 16.5 Å². The van der Waals surface area contributed by atoms with Crippen molar-refractivity contribution < 1.29 is 9.90 Å². The summed E-state index contributed by atoms with van der Waals surface area (Å²) in [7, 11) is 0. The van der Waals surface area contributed by atoms with Crippen LogP contribution in [0.2, 0.25) is 0 Å². The first-order valence-corrected chi connectivity index (χ1v) is 11.7. The molecule has 2 aromatic carbocycles. The van der Waals surface area contributed by atoms with Gasteiger partial charge in [-0.15, -0.1) is 0 Å². The molecule has 2 nitrogen and oxygen atoms in total. The molecule has 0 amide bonds. The molecule has 2 aromatic rings. The van der Waals surface area contributed by atoms with E-state index in [-0.39, 0.29) is 5.78 Å². The van der Waals surface area contributed by atoms with Crippen LogP contribution in [0.1, 0.15) is 77.1 Å². The number of carbonyl (C=O) groups is 1. The summed E-state index contributed by atoms with van der Waals surface area (Å²) in [5.74, 6) is -0.455. The normalized spacial score (nSPS) is 26.6. The Hall–Kier alpha value is -2.19. The predicted octanol–water partition coefficient (Wildman–Crippen LogP) is 7.06. The largest absolute Gasteiger partial charge is 0.384 e. The Labute approximate surface area is 194 Å². The van der Waals surface area contributed by atoms with Crippen LogP contribution in [0.4, 0.5) is 0 Å². The smallest absolute Gasteiger partial charge is 0.145 e. The second-order valence-corrected chi connectivity index (χ2v) is 12.1. The standard InChI is InChI=1S/C30H40O2/c1-20-10-14-22(15-11-20)23-18-29(9,24-16-12-21(2)13-17-24)25(26(31)27(3,4)5)30(32,19-23)28(6,7)8/h10-17,19,25,32H,18H2,1-9H3. The number of rotatable bonds is 3. The van der Waals surface area contributed by atoms with Crippen LogP contribution in [0.15, 0.2) is 54.6 Å². The van der Waals surface area contributed by atoms with Gasteiger partial charge in [-0.05, 0) is 48.5 Å². The fourth-order valence-corrected chi connectivity index (χ4v) is 5.11. The third-order valence-electron chi connectivity index (χ3n) is 7.37. The van der Waals surface area contributed by atoms with Gasteiger partial charge in [0.25, 0.3) is 0 Å². The average molecular weight is 433 g/mol. The predicted molar refractivity (Wildman–Crippen MR) is 135 cm³/mol. The first-order chi connectivity index (χ1) is 14.6. The summed E-state index contributed by atoms with van der Waals surface area (Å²) < 4.78 is 0. The summed E-state index contributed by atoms with van der Waals surface area (Å²) in [6.07, 6.45) is 2.70. The molecule has 0 aliphatic heterocycles. The van der Waals surface area contributed by atoms with E-state index in [1.54, 1.807) is 0 Å². The fourth-order valence-electron chi connectivity index (χ4n) is 5.11. The third kappa shape index (κ3) is 4.22. The van der Waals surface area contributed by atoms with Crippen LogP contribution in [0.3, 0.4) is 0 Å². The molecule has 1 aliphatic rings. The number of aliphatic hydroxyl groups is 1. The number of allylic oxidation sites excluding steroid dienone is 1.